The number of quaternary nitrogens is 1. The second-order valence-electron chi connectivity index (χ2n) is 10.5. The van der Waals surface area contributed by atoms with Crippen molar-refractivity contribution in [2.45, 2.75) is 78.4 Å². The van der Waals surface area contributed by atoms with Crippen LogP contribution in [-0.2, 0) is 14.3 Å². The van der Waals surface area contributed by atoms with Gasteiger partial charge in [0.25, 0.3) is 0 Å². The van der Waals surface area contributed by atoms with Gasteiger partial charge in [-0.1, -0.05) is 15.7 Å². The van der Waals surface area contributed by atoms with Crippen molar-refractivity contribution in [1.82, 2.24) is 9.64 Å². The van der Waals surface area contributed by atoms with Crippen LogP contribution < -0.4 is 4.48 Å². The number of amidine groups is 1. The number of carbonyl (C=O) groups is 2. The Hall–Kier alpha value is -2.84. The Morgan fingerprint density at radius 2 is 1.88 bits per heavy atom. The molecule has 0 bridgehead atoms. The number of hydrogen-bond acceptors (Lipinski definition) is 7. The number of benzene rings is 1. The van der Waals surface area contributed by atoms with Gasteiger partial charge in [-0.3, -0.25) is 0 Å². The Kier molecular flexibility index (Phi) is 5.48. The molecule has 0 spiro atoms. The normalized spacial score (nSPS) is 24.5. The lowest BCUT2D eigenvalue weighted by molar-refractivity contribution is -0.141. The molecular weight excluding hydrogens is 434 g/mol. The molecule has 1 aliphatic carbocycles. The maximum Gasteiger partial charge on any atom is 0.535 e. The maximum absolute atomic E-state index is 14.3. The van der Waals surface area contributed by atoms with Crippen molar-refractivity contribution in [3.63, 3.8) is 0 Å². The smallest absolute Gasteiger partial charge is 0.413 e. The molecule has 2 atom stereocenters. The Morgan fingerprint density at radius 3 is 2.47 bits per heavy atom. The Morgan fingerprint density at radius 1 is 1.12 bits per heavy atom. The van der Waals surface area contributed by atoms with Crippen LogP contribution in [0.3, 0.4) is 0 Å². The van der Waals surface area contributed by atoms with Gasteiger partial charge in [0.1, 0.15) is 17.0 Å². The van der Waals surface area contributed by atoms with Gasteiger partial charge in [-0.15, -0.1) is 0 Å². The summed E-state index contributed by atoms with van der Waals surface area (Å²) in [6, 6.07) is 5.69. The van der Waals surface area contributed by atoms with Gasteiger partial charge in [-0.2, -0.15) is 9.79 Å². The lowest BCUT2D eigenvalue weighted by atomic mass is 10.0. The van der Waals surface area contributed by atoms with E-state index < -0.39 is 22.3 Å². The molecule has 8 heteroatoms. The molecule has 34 heavy (non-hydrogen) atoms. The molecule has 180 valence electrons. The summed E-state index contributed by atoms with van der Waals surface area (Å²) in [5.74, 6) is 0.986. The molecule has 0 N–H and O–H groups in total. The highest BCUT2D eigenvalue weighted by atomic mass is 16.6. The Labute approximate surface area is 199 Å². The van der Waals surface area contributed by atoms with Crippen LogP contribution >= 0.6 is 0 Å². The molecule has 2 unspecified atom stereocenters. The topological polar surface area (TPSA) is 91.0 Å². The molecule has 2 fully saturated rings. The third kappa shape index (κ3) is 3.69. The molecule has 3 aliphatic rings. The number of rotatable bonds is 3. The highest BCUT2D eigenvalue weighted by Gasteiger charge is 2.64. The van der Waals surface area contributed by atoms with E-state index in [0.29, 0.717) is 36.0 Å². The minimum absolute atomic E-state index is 0.0648. The third-order valence-corrected chi connectivity index (χ3v) is 6.63. The first kappa shape index (κ1) is 22.9. The van der Waals surface area contributed by atoms with E-state index in [9.17, 15) is 9.59 Å². The molecule has 1 saturated heterocycles. The Bertz CT molecular complexity index is 1160. The van der Waals surface area contributed by atoms with Crippen LogP contribution in [-0.4, -0.2) is 41.3 Å². The van der Waals surface area contributed by atoms with Crippen molar-refractivity contribution in [1.29, 1.82) is 0 Å². The second kappa shape index (κ2) is 8.13. The quantitative estimate of drug-likeness (QED) is 0.535. The molecular formula is C26H32N3O5+. The second-order valence-corrected chi connectivity index (χ2v) is 10.5. The van der Waals surface area contributed by atoms with Gasteiger partial charge in [0, 0.05) is 18.2 Å². The third-order valence-electron chi connectivity index (χ3n) is 6.63. The Balaban J connectivity index is 1.72. The van der Waals surface area contributed by atoms with Gasteiger partial charge in [0.15, 0.2) is 11.8 Å². The summed E-state index contributed by atoms with van der Waals surface area (Å²) >= 11 is 0. The first-order valence-corrected chi connectivity index (χ1v) is 12.1. The summed E-state index contributed by atoms with van der Waals surface area (Å²) in [6.07, 6.45) is 2.86. The van der Waals surface area contributed by atoms with Crippen LogP contribution in [0.5, 0.6) is 0 Å². The standard InChI is InChI=1S/C26H32N3O5/c1-15-22(16(2)34-28-15)18-11-12-19-20(14-18)29(23(27-19)17-9-10-17,25(31)33-26(3,4)5)24(30)21-8-6-7-13-32-21/h11-12,14,17,21H,6-10,13H2,1-5H3/q+1. The highest BCUT2D eigenvalue weighted by molar-refractivity contribution is 6.30. The molecule has 3 heterocycles. The predicted molar refractivity (Wildman–Crippen MR) is 128 cm³/mol. The van der Waals surface area contributed by atoms with Gasteiger partial charge < -0.3 is 14.0 Å². The fourth-order valence-electron chi connectivity index (χ4n) is 4.96. The summed E-state index contributed by atoms with van der Waals surface area (Å²) in [4.78, 5) is 33.3. The van der Waals surface area contributed by atoms with E-state index >= 15 is 0 Å². The monoisotopic (exact) mass is 466 g/mol. The fraction of sp³-hybridized carbons (Fsp3) is 0.538. The van der Waals surface area contributed by atoms with Gasteiger partial charge in [0.05, 0.1) is 11.6 Å². The number of nitrogens with zero attached hydrogens (tertiary/aromatic N) is 3. The van der Waals surface area contributed by atoms with E-state index in [1.165, 1.54) is 0 Å². The minimum atomic E-state index is -0.771. The van der Waals surface area contributed by atoms with E-state index in [1.807, 2.05) is 52.8 Å². The van der Waals surface area contributed by atoms with Crippen LogP contribution in [0.1, 0.15) is 64.3 Å². The number of fused-ring (bicyclic) bond motifs is 1. The van der Waals surface area contributed by atoms with Crippen molar-refractivity contribution >= 4 is 29.2 Å². The van der Waals surface area contributed by atoms with Crippen molar-refractivity contribution in [3.05, 3.63) is 29.7 Å². The number of aromatic nitrogens is 1. The number of hydrogen-bond donors (Lipinski definition) is 0. The highest BCUT2D eigenvalue weighted by Crippen LogP contribution is 2.50. The van der Waals surface area contributed by atoms with E-state index in [0.717, 1.165) is 42.5 Å². The van der Waals surface area contributed by atoms with Crippen LogP contribution in [0.25, 0.3) is 11.1 Å². The zero-order valence-electron chi connectivity index (χ0n) is 20.5. The average Bonchev–Trinajstić information content (AvgIpc) is 3.50. The molecule has 2 aromatic rings. The van der Waals surface area contributed by atoms with Crippen LogP contribution in [0.15, 0.2) is 27.7 Å². The number of amides is 2. The van der Waals surface area contributed by atoms with Crippen molar-refractivity contribution in [2.75, 3.05) is 6.61 Å². The van der Waals surface area contributed by atoms with Crippen LogP contribution in [0.4, 0.5) is 16.2 Å². The van der Waals surface area contributed by atoms with Crippen molar-refractivity contribution in [2.24, 2.45) is 10.9 Å². The molecule has 2 amide bonds. The average molecular weight is 467 g/mol. The van der Waals surface area contributed by atoms with Crippen molar-refractivity contribution in [3.8, 4) is 11.1 Å². The molecule has 1 aromatic heterocycles. The van der Waals surface area contributed by atoms with E-state index in [-0.39, 0.29) is 11.8 Å². The SMILES string of the molecule is Cc1noc(C)c1-c1ccc2c(c1)[N+](C(=O)OC(C)(C)C)(C(=O)C1CCCCO1)C(C1CC1)=N2. The van der Waals surface area contributed by atoms with Gasteiger partial charge >= 0.3 is 12.0 Å². The summed E-state index contributed by atoms with van der Waals surface area (Å²) in [5.41, 5.74) is 2.79. The summed E-state index contributed by atoms with van der Waals surface area (Å²) < 4.78 is 16.6. The zero-order valence-corrected chi connectivity index (χ0v) is 20.5. The van der Waals surface area contributed by atoms with E-state index in [2.05, 4.69) is 5.16 Å². The number of aryl methyl sites for hydroxylation is 2. The van der Waals surface area contributed by atoms with Crippen molar-refractivity contribution < 1.29 is 23.6 Å². The van der Waals surface area contributed by atoms with Gasteiger partial charge in [0.2, 0.25) is 5.84 Å². The number of imide groups is 1. The first-order valence-electron chi connectivity index (χ1n) is 12.1. The molecule has 0 radical (unpaired) electrons. The number of carbonyl (C=O) groups excluding carboxylic acids is 2. The zero-order chi connectivity index (χ0) is 24.3. The number of ether oxygens (including phenoxy) is 2. The minimum Gasteiger partial charge on any atom is -0.413 e. The maximum atomic E-state index is 14.3. The van der Waals surface area contributed by atoms with Crippen LogP contribution in [0.2, 0.25) is 0 Å². The molecule has 5 rings (SSSR count). The fourth-order valence-corrected chi connectivity index (χ4v) is 4.96. The molecule has 2 aliphatic heterocycles. The van der Waals surface area contributed by atoms with E-state index in [4.69, 9.17) is 19.0 Å². The lowest BCUT2D eigenvalue weighted by Gasteiger charge is -2.34. The van der Waals surface area contributed by atoms with E-state index in [1.54, 1.807) is 0 Å². The summed E-state index contributed by atoms with van der Waals surface area (Å²) in [6.45, 7) is 9.68. The largest absolute Gasteiger partial charge is 0.535 e. The predicted octanol–water partition coefficient (Wildman–Crippen LogP) is 5.75. The molecule has 8 nitrogen and oxygen atoms in total. The molecule has 1 aromatic carbocycles. The summed E-state index contributed by atoms with van der Waals surface area (Å²) in [5, 5.41) is 4.08. The van der Waals surface area contributed by atoms with Crippen LogP contribution in [0, 0.1) is 19.8 Å². The first-order chi connectivity index (χ1) is 16.1. The summed E-state index contributed by atoms with van der Waals surface area (Å²) in [7, 11) is 0. The lowest BCUT2D eigenvalue weighted by Crippen LogP contribution is -2.66. The van der Waals surface area contributed by atoms with Gasteiger partial charge in [-0.05, 0) is 78.4 Å². The number of aliphatic imine (C=N–C) groups is 1. The van der Waals surface area contributed by atoms with Gasteiger partial charge in [-0.25, -0.2) is 4.79 Å². The molecule has 1 saturated carbocycles.